The molecule has 1 aliphatic carbocycles. The molecular weight excluding hydrogens is 458 g/mol. The molecule has 0 radical (unpaired) electrons. The van der Waals surface area contributed by atoms with Crippen molar-refractivity contribution in [2.45, 2.75) is 45.1 Å². The lowest BCUT2D eigenvalue weighted by Gasteiger charge is -2.26. The first-order valence-electron chi connectivity index (χ1n) is 12.1. The van der Waals surface area contributed by atoms with Gasteiger partial charge in [0.2, 0.25) is 5.52 Å². The predicted molar refractivity (Wildman–Crippen MR) is 144 cm³/mol. The SMILES string of the molecule is CCCCNC1=C(C=C2Sc3ccccc3N2CC)C(=O)C1=Cc1sc2ccccc2[n+]1CC. The minimum Gasteiger partial charge on any atom is -0.384 e. The van der Waals surface area contributed by atoms with Gasteiger partial charge in [-0.3, -0.25) is 4.79 Å². The number of ketones is 1. The largest absolute Gasteiger partial charge is 0.384 e. The summed E-state index contributed by atoms with van der Waals surface area (Å²) in [7, 11) is 0. The molecule has 0 saturated carbocycles. The number of aryl methyl sites for hydroxylation is 1. The number of fused-ring (bicyclic) bond motifs is 2. The number of nitrogens with zero attached hydrogens (tertiary/aromatic N) is 2. The van der Waals surface area contributed by atoms with Gasteiger partial charge in [0.25, 0.3) is 5.01 Å². The van der Waals surface area contributed by atoms with E-state index in [1.807, 2.05) is 0 Å². The molecule has 0 bridgehead atoms. The van der Waals surface area contributed by atoms with Crippen molar-refractivity contribution in [3.05, 3.63) is 81.5 Å². The summed E-state index contributed by atoms with van der Waals surface area (Å²) in [6.07, 6.45) is 6.36. The van der Waals surface area contributed by atoms with E-state index < -0.39 is 0 Å². The van der Waals surface area contributed by atoms with Gasteiger partial charge in [-0.05, 0) is 44.5 Å². The Balaban J connectivity index is 1.55. The summed E-state index contributed by atoms with van der Waals surface area (Å²) in [5, 5.41) is 5.82. The highest BCUT2D eigenvalue weighted by Crippen LogP contribution is 2.47. The zero-order valence-corrected chi connectivity index (χ0v) is 21.6. The Bertz CT molecular complexity index is 1350. The van der Waals surface area contributed by atoms with Crippen molar-refractivity contribution in [1.29, 1.82) is 0 Å². The Kier molecular flexibility index (Phi) is 6.61. The summed E-state index contributed by atoms with van der Waals surface area (Å²) in [4.78, 5) is 17.0. The first-order chi connectivity index (χ1) is 16.7. The van der Waals surface area contributed by atoms with Crippen LogP contribution in [0.15, 0.2) is 81.4 Å². The van der Waals surface area contributed by atoms with Crippen molar-refractivity contribution in [2.24, 2.45) is 0 Å². The standard InChI is InChI=1S/C28H29N3OS2/c1-4-7-16-29-27-19(17-25-30(5-2)21-12-8-10-14-23(21)33-25)28(32)20(27)18-26-31(6-3)22-13-9-11-15-24(22)34-26/h8-15,17-18H,4-7,16H2,1-3H3/p+1. The van der Waals surface area contributed by atoms with Gasteiger partial charge in [0.05, 0.1) is 22.0 Å². The fraction of sp³-hybridized carbons (Fsp3) is 0.286. The zero-order valence-electron chi connectivity index (χ0n) is 19.9. The van der Waals surface area contributed by atoms with Crippen LogP contribution in [0.1, 0.15) is 38.6 Å². The minimum absolute atomic E-state index is 0.124. The topological polar surface area (TPSA) is 36.2 Å². The molecule has 4 nitrogen and oxygen atoms in total. The molecule has 1 N–H and O–H groups in total. The van der Waals surface area contributed by atoms with Crippen molar-refractivity contribution >= 4 is 50.9 Å². The maximum atomic E-state index is 13.4. The molecule has 2 aliphatic rings. The van der Waals surface area contributed by atoms with Crippen molar-refractivity contribution in [3.8, 4) is 0 Å². The predicted octanol–water partition coefficient (Wildman–Crippen LogP) is 6.29. The van der Waals surface area contributed by atoms with Gasteiger partial charge in [0.1, 0.15) is 11.2 Å². The van der Waals surface area contributed by atoms with Gasteiger partial charge in [-0.2, -0.15) is 4.57 Å². The number of anilines is 1. The highest BCUT2D eigenvalue weighted by molar-refractivity contribution is 8.03. The van der Waals surface area contributed by atoms with Crippen LogP contribution in [-0.2, 0) is 11.3 Å². The Morgan fingerprint density at radius 1 is 1.03 bits per heavy atom. The van der Waals surface area contributed by atoms with Crippen molar-refractivity contribution in [1.82, 2.24) is 5.32 Å². The third kappa shape index (κ3) is 3.99. The molecule has 3 aromatic rings. The summed E-state index contributed by atoms with van der Waals surface area (Å²) < 4.78 is 3.54. The van der Waals surface area contributed by atoms with E-state index in [1.165, 1.54) is 20.8 Å². The Morgan fingerprint density at radius 3 is 2.62 bits per heavy atom. The monoisotopic (exact) mass is 488 g/mol. The number of rotatable bonds is 8. The van der Waals surface area contributed by atoms with Crippen LogP contribution >= 0.6 is 23.1 Å². The van der Waals surface area contributed by atoms with E-state index in [4.69, 9.17) is 0 Å². The van der Waals surface area contributed by atoms with Crippen LogP contribution in [-0.4, -0.2) is 18.9 Å². The molecule has 1 aromatic heterocycles. The normalized spacial score (nSPS) is 17.7. The van der Waals surface area contributed by atoms with E-state index in [9.17, 15) is 4.79 Å². The number of benzene rings is 2. The number of para-hydroxylation sites is 2. The summed E-state index contributed by atoms with van der Waals surface area (Å²) in [5.41, 5.74) is 5.01. The first-order valence-corrected chi connectivity index (χ1v) is 13.7. The minimum atomic E-state index is 0.124. The first kappa shape index (κ1) is 22.9. The summed E-state index contributed by atoms with van der Waals surface area (Å²) in [6, 6.07) is 16.9. The second-order valence-corrected chi connectivity index (χ2v) is 10.5. The number of carbonyl (C=O) groups is 1. The fourth-order valence-corrected chi connectivity index (χ4v) is 6.87. The number of Topliss-reactive ketones (excluding diaryl/α,β-unsaturated/α-hetero) is 1. The van der Waals surface area contributed by atoms with E-state index in [1.54, 1.807) is 23.1 Å². The van der Waals surface area contributed by atoms with Crippen LogP contribution < -0.4 is 14.8 Å². The second-order valence-electron chi connectivity index (χ2n) is 8.41. The lowest BCUT2D eigenvalue weighted by molar-refractivity contribution is -0.665. The molecule has 0 spiro atoms. The molecule has 174 valence electrons. The molecule has 0 saturated heterocycles. The highest BCUT2D eigenvalue weighted by Gasteiger charge is 2.35. The van der Waals surface area contributed by atoms with Gasteiger partial charge in [-0.1, -0.05) is 60.7 Å². The third-order valence-electron chi connectivity index (χ3n) is 6.30. The smallest absolute Gasteiger partial charge is 0.263 e. The molecule has 5 rings (SSSR count). The van der Waals surface area contributed by atoms with Crippen LogP contribution in [0.5, 0.6) is 0 Å². The fourth-order valence-electron chi connectivity index (χ4n) is 4.53. The average Bonchev–Trinajstić information content (AvgIpc) is 3.41. The Morgan fingerprint density at radius 2 is 1.82 bits per heavy atom. The summed E-state index contributed by atoms with van der Waals surface area (Å²) in [6.45, 7) is 9.12. The third-order valence-corrected chi connectivity index (χ3v) is 8.53. The van der Waals surface area contributed by atoms with Crippen LogP contribution in [0.25, 0.3) is 16.3 Å². The molecule has 2 heterocycles. The van der Waals surface area contributed by atoms with E-state index >= 15 is 0 Å². The lowest BCUT2D eigenvalue weighted by Crippen LogP contribution is -2.35. The number of nitrogens with one attached hydrogen (secondary N) is 1. The van der Waals surface area contributed by atoms with Gasteiger partial charge >= 0.3 is 0 Å². The van der Waals surface area contributed by atoms with Gasteiger partial charge < -0.3 is 10.2 Å². The Hall–Kier alpha value is -2.83. The molecular formula is C28H30N3OS2+. The number of thiazole rings is 1. The van der Waals surface area contributed by atoms with Gasteiger partial charge in [0.15, 0.2) is 5.78 Å². The molecule has 34 heavy (non-hydrogen) atoms. The van der Waals surface area contributed by atoms with Crippen LogP contribution in [0.3, 0.4) is 0 Å². The summed E-state index contributed by atoms with van der Waals surface area (Å²) >= 11 is 3.49. The number of hydrogen-bond donors (Lipinski definition) is 1. The van der Waals surface area contributed by atoms with Crippen molar-refractivity contribution in [2.75, 3.05) is 18.0 Å². The average molecular weight is 489 g/mol. The number of carbonyl (C=O) groups excluding carboxylic acids is 1. The molecule has 0 atom stereocenters. The van der Waals surface area contributed by atoms with Crippen LogP contribution in [0.4, 0.5) is 5.69 Å². The van der Waals surface area contributed by atoms with Gasteiger partial charge in [0, 0.05) is 35.7 Å². The molecule has 0 unspecified atom stereocenters. The molecule has 6 heteroatoms. The number of allylic oxidation sites excluding steroid dienone is 3. The van der Waals surface area contributed by atoms with E-state index in [-0.39, 0.29) is 5.78 Å². The van der Waals surface area contributed by atoms with Crippen LogP contribution in [0.2, 0.25) is 0 Å². The van der Waals surface area contributed by atoms with E-state index in [2.05, 4.69) is 96.2 Å². The Labute approximate surface area is 209 Å². The second kappa shape index (κ2) is 9.80. The van der Waals surface area contributed by atoms with Gasteiger partial charge in [-0.25, -0.2) is 0 Å². The van der Waals surface area contributed by atoms with Crippen molar-refractivity contribution in [3.63, 3.8) is 0 Å². The highest BCUT2D eigenvalue weighted by atomic mass is 32.2. The van der Waals surface area contributed by atoms with E-state index in [0.29, 0.717) is 0 Å². The van der Waals surface area contributed by atoms with Crippen LogP contribution in [0, 0.1) is 0 Å². The number of unbranched alkanes of at least 4 members (excludes halogenated alkanes) is 1. The number of aromatic nitrogens is 1. The van der Waals surface area contributed by atoms with Gasteiger partial charge in [-0.15, -0.1) is 0 Å². The maximum Gasteiger partial charge on any atom is 0.263 e. The molecule has 0 fully saturated rings. The maximum absolute atomic E-state index is 13.4. The van der Waals surface area contributed by atoms with Crippen molar-refractivity contribution < 1.29 is 9.36 Å². The molecule has 0 amide bonds. The zero-order chi connectivity index (χ0) is 23.7. The lowest BCUT2D eigenvalue weighted by atomic mass is 9.85. The molecule has 1 aliphatic heterocycles. The summed E-state index contributed by atoms with van der Waals surface area (Å²) in [5.74, 6) is 0.124. The number of hydrogen-bond acceptors (Lipinski definition) is 5. The molecule has 2 aromatic carbocycles. The quantitative estimate of drug-likeness (QED) is 0.230. The number of thioether (sulfide) groups is 1. The van der Waals surface area contributed by atoms with E-state index in [0.717, 1.165) is 59.4 Å².